The molecule has 0 spiro atoms. The molecule has 2 rings (SSSR count). The molecule has 112 valence electrons. The van der Waals surface area contributed by atoms with E-state index in [9.17, 15) is 23.5 Å². The molecule has 1 aliphatic rings. The minimum absolute atomic E-state index is 0.555. The van der Waals surface area contributed by atoms with Crippen LogP contribution in [0.2, 0.25) is 0 Å². The summed E-state index contributed by atoms with van der Waals surface area (Å²) in [6, 6.07) is 0. The Hall–Kier alpha value is -1.29. The van der Waals surface area contributed by atoms with Gasteiger partial charge in [-0.25, -0.2) is 13.6 Å². The van der Waals surface area contributed by atoms with E-state index in [2.05, 4.69) is 0 Å². The Balaban J connectivity index is 2.46. The number of ether oxygens (including phenoxy) is 1. The average molecular weight is 313 g/mol. The molecule has 0 unspecified atom stereocenters. The predicted octanol–water partition coefficient (Wildman–Crippen LogP) is -0.668. The summed E-state index contributed by atoms with van der Waals surface area (Å²) in [7, 11) is 0. The fourth-order valence-electron chi connectivity index (χ4n) is 1.92. The van der Waals surface area contributed by atoms with Gasteiger partial charge in [-0.1, -0.05) is 0 Å². The van der Waals surface area contributed by atoms with Crippen LogP contribution in [0.25, 0.3) is 0 Å². The van der Waals surface area contributed by atoms with Gasteiger partial charge in [-0.15, -0.1) is 11.6 Å². The maximum absolute atomic E-state index is 12.6. The number of aromatic nitrogens is 2. The van der Waals surface area contributed by atoms with E-state index in [1.54, 1.807) is 4.98 Å². The van der Waals surface area contributed by atoms with E-state index in [0.29, 0.717) is 10.8 Å². The number of H-pyrrole nitrogens is 1. The third-order valence-electron chi connectivity index (χ3n) is 2.98. The van der Waals surface area contributed by atoms with Gasteiger partial charge in [0.1, 0.15) is 17.6 Å². The minimum atomic E-state index is -3.08. The highest BCUT2D eigenvalue weighted by Gasteiger charge is 2.43. The molecular formula is C10H11ClF2N2O5. The van der Waals surface area contributed by atoms with Gasteiger partial charge in [-0.3, -0.25) is 14.3 Å². The van der Waals surface area contributed by atoms with Gasteiger partial charge >= 0.3 is 5.69 Å². The Morgan fingerprint density at radius 3 is 2.65 bits per heavy atom. The zero-order chi connectivity index (χ0) is 15.0. The molecule has 1 aromatic rings. The quantitative estimate of drug-likeness (QED) is 0.642. The molecular weight excluding hydrogens is 302 g/mol. The van der Waals surface area contributed by atoms with Crippen LogP contribution in [0.1, 0.15) is 18.2 Å². The lowest BCUT2D eigenvalue weighted by molar-refractivity contribution is -0.0460. The third kappa shape index (κ3) is 2.49. The molecule has 2 heterocycles. The average Bonchev–Trinajstić information content (AvgIpc) is 2.66. The van der Waals surface area contributed by atoms with Crippen molar-refractivity contribution < 1.29 is 23.7 Å². The number of hydrogen-bond donors (Lipinski definition) is 3. The van der Waals surface area contributed by atoms with Crippen molar-refractivity contribution in [2.45, 2.75) is 30.2 Å². The van der Waals surface area contributed by atoms with Crippen LogP contribution in [0.5, 0.6) is 0 Å². The van der Waals surface area contributed by atoms with Gasteiger partial charge in [-0.05, 0) is 0 Å². The summed E-state index contributed by atoms with van der Waals surface area (Å²) in [5.74, 6) is 0. The van der Waals surface area contributed by atoms with Crippen molar-refractivity contribution in [1.29, 1.82) is 0 Å². The molecule has 0 radical (unpaired) electrons. The highest BCUT2D eigenvalue weighted by molar-refractivity contribution is 6.21. The Kier molecular flexibility index (Phi) is 4.23. The molecule has 1 aromatic heterocycles. The first-order valence-corrected chi connectivity index (χ1v) is 6.02. The Labute approximate surface area is 115 Å². The Morgan fingerprint density at radius 1 is 1.50 bits per heavy atom. The molecule has 4 atom stereocenters. The van der Waals surface area contributed by atoms with Crippen LogP contribution in [0.4, 0.5) is 8.78 Å². The van der Waals surface area contributed by atoms with Crippen molar-refractivity contribution in [2.75, 3.05) is 6.61 Å². The fraction of sp³-hybridized carbons (Fsp3) is 0.600. The molecule has 0 aromatic carbocycles. The summed E-state index contributed by atoms with van der Waals surface area (Å²) < 4.78 is 31.1. The van der Waals surface area contributed by atoms with Gasteiger partial charge < -0.3 is 14.9 Å². The van der Waals surface area contributed by atoms with E-state index < -0.39 is 53.7 Å². The van der Waals surface area contributed by atoms with Crippen molar-refractivity contribution >= 4 is 11.6 Å². The van der Waals surface area contributed by atoms with Gasteiger partial charge in [-0.2, -0.15) is 0 Å². The number of aromatic amines is 1. The number of aliphatic hydroxyl groups excluding tert-OH is 2. The number of rotatable bonds is 3. The molecule has 3 N–H and O–H groups in total. The van der Waals surface area contributed by atoms with Crippen LogP contribution in [0.3, 0.4) is 0 Å². The highest BCUT2D eigenvalue weighted by atomic mass is 35.5. The third-order valence-corrected chi connectivity index (χ3v) is 3.45. The maximum Gasteiger partial charge on any atom is 0.330 e. The summed E-state index contributed by atoms with van der Waals surface area (Å²) in [4.78, 5) is 24.6. The summed E-state index contributed by atoms with van der Waals surface area (Å²) in [6.45, 7) is -0.555. The van der Waals surface area contributed by atoms with Crippen LogP contribution < -0.4 is 11.2 Å². The molecule has 0 bridgehead atoms. The largest absolute Gasteiger partial charge is 0.394 e. The van der Waals surface area contributed by atoms with Crippen molar-refractivity contribution in [1.82, 2.24) is 9.55 Å². The second-order valence-corrected chi connectivity index (χ2v) is 4.74. The topological polar surface area (TPSA) is 105 Å². The van der Waals surface area contributed by atoms with E-state index in [0.717, 1.165) is 0 Å². The summed E-state index contributed by atoms with van der Waals surface area (Å²) >= 11 is 5.86. The molecule has 1 fully saturated rings. The van der Waals surface area contributed by atoms with Gasteiger partial charge in [0.2, 0.25) is 0 Å². The van der Waals surface area contributed by atoms with Crippen LogP contribution >= 0.6 is 11.6 Å². The van der Waals surface area contributed by atoms with Crippen molar-refractivity contribution in [2.24, 2.45) is 0 Å². The van der Waals surface area contributed by atoms with Crippen LogP contribution in [-0.4, -0.2) is 44.0 Å². The summed E-state index contributed by atoms with van der Waals surface area (Å²) in [5.41, 5.74) is -3.12. The number of aliphatic hydroxyl groups is 2. The van der Waals surface area contributed by atoms with Crippen LogP contribution in [-0.2, 0) is 4.74 Å². The number of nitrogens with one attached hydrogen (secondary N) is 1. The number of hydrogen-bond acceptors (Lipinski definition) is 5. The Morgan fingerprint density at radius 2 is 2.15 bits per heavy atom. The molecule has 10 heteroatoms. The zero-order valence-corrected chi connectivity index (χ0v) is 10.6. The van der Waals surface area contributed by atoms with Crippen LogP contribution in [0, 0.1) is 0 Å². The Bertz CT molecular complexity index is 604. The van der Waals surface area contributed by atoms with E-state index in [-0.39, 0.29) is 0 Å². The first-order chi connectivity index (χ1) is 9.36. The van der Waals surface area contributed by atoms with E-state index in [1.807, 2.05) is 0 Å². The van der Waals surface area contributed by atoms with Gasteiger partial charge in [0, 0.05) is 6.20 Å². The first kappa shape index (κ1) is 15.1. The normalized spacial score (nSPS) is 30.1. The fourth-order valence-corrected chi connectivity index (χ4v) is 2.27. The molecule has 1 aliphatic heterocycles. The molecule has 0 aliphatic carbocycles. The predicted molar refractivity (Wildman–Crippen MR) is 62.9 cm³/mol. The summed E-state index contributed by atoms with van der Waals surface area (Å²) in [6.07, 6.45) is -6.04. The number of halogens is 3. The molecule has 0 amide bonds. The van der Waals surface area contributed by atoms with Crippen molar-refractivity contribution in [3.63, 3.8) is 0 Å². The van der Waals surface area contributed by atoms with E-state index in [4.69, 9.17) is 21.4 Å². The van der Waals surface area contributed by atoms with Gasteiger partial charge in [0.15, 0.2) is 6.23 Å². The van der Waals surface area contributed by atoms with E-state index >= 15 is 0 Å². The summed E-state index contributed by atoms with van der Waals surface area (Å²) in [5, 5.41) is 17.5. The molecule has 20 heavy (non-hydrogen) atoms. The second kappa shape index (κ2) is 5.60. The number of alkyl halides is 3. The molecule has 0 saturated carbocycles. The standard InChI is InChI=1S/C10H11ClF2N2O5/c11-5-6(17)4(2-16)20-9(5)15-1-3(7(12)13)8(18)14-10(15)19/h1,4-7,9,16-17H,2H2,(H,14,18,19)/t4-,5-,6-,9-/m1/s1. The van der Waals surface area contributed by atoms with Gasteiger partial charge in [0.25, 0.3) is 12.0 Å². The SMILES string of the molecule is O=c1[nH]c(=O)n([C@@H]2O[C@H](CO)[C@@H](O)[C@H]2Cl)cc1C(F)F. The van der Waals surface area contributed by atoms with Crippen molar-refractivity contribution in [3.05, 3.63) is 32.6 Å². The number of nitrogens with zero attached hydrogens (tertiary/aromatic N) is 1. The maximum atomic E-state index is 12.6. The van der Waals surface area contributed by atoms with Crippen molar-refractivity contribution in [3.8, 4) is 0 Å². The zero-order valence-electron chi connectivity index (χ0n) is 9.87. The monoisotopic (exact) mass is 312 g/mol. The molecule has 7 nitrogen and oxygen atoms in total. The second-order valence-electron chi connectivity index (χ2n) is 4.23. The van der Waals surface area contributed by atoms with E-state index in [1.165, 1.54) is 0 Å². The lowest BCUT2D eigenvalue weighted by atomic mass is 10.2. The first-order valence-electron chi connectivity index (χ1n) is 5.58. The highest BCUT2D eigenvalue weighted by Crippen LogP contribution is 2.32. The lowest BCUT2D eigenvalue weighted by Crippen LogP contribution is -2.37. The lowest BCUT2D eigenvalue weighted by Gasteiger charge is -2.17. The van der Waals surface area contributed by atoms with Crippen LogP contribution in [0.15, 0.2) is 15.8 Å². The smallest absolute Gasteiger partial charge is 0.330 e. The minimum Gasteiger partial charge on any atom is -0.394 e. The van der Waals surface area contributed by atoms with Gasteiger partial charge in [0.05, 0.1) is 12.2 Å². The molecule has 1 saturated heterocycles.